The molecule has 0 aliphatic heterocycles. The standard InChI is InChI=1S/C15H26N4O/c1-4-16-9-7-15(20)19(11-10-18(2)3)13-14-6-5-8-17-12-14/h5-6,8,12,16H,4,7,9-11,13H2,1-3H3. The predicted molar refractivity (Wildman–Crippen MR) is 81.4 cm³/mol. The predicted octanol–water partition coefficient (Wildman–Crippen LogP) is 0.971. The number of nitrogens with zero attached hydrogens (tertiary/aromatic N) is 3. The number of likely N-dealkylation sites (N-methyl/N-ethyl adjacent to an activating group) is 1. The number of carbonyl (C=O) groups excluding carboxylic acids is 1. The SMILES string of the molecule is CCNCCC(=O)N(CCN(C)C)Cc1cccnc1. The van der Waals surface area contributed by atoms with E-state index in [4.69, 9.17) is 0 Å². The molecule has 0 bridgehead atoms. The number of rotatable bonds is 9. The van der Waals surface area contributed by atoms with E-state index in [-0.39, 0.29) is 5.91 Å². The summed E-state index contributed by atoms with van der Waals surface area (Å²) in [7, 11) is 4.04. The second kappa shape index (κ2) is 9.44. The van der Waals surface area contributed by atoms with Crippen LogP contribution in [-0.4, -0.2) is 61.0 Å². The number of aromatic nitrogens is 1. The van der Waals surface area contributed by atoms with Crippen LogP contribution in [-0.2, 0) is 11.3 Å². The normalized spacial score (nSPS) is 10.8. The quantitative estimate of drug-likeness (QED) is 0.684. The molecule has 0 aliphatic rings. The van der Waals surface area contributed by atoms with Crippen LogP contribution in [0, 0.1) is 0 Å². The van der Waals surface area contributed by atoms with E-state index in [2.05, 4.69) is 15.2 Å². The van der Waals surface area contributed by atoms with Crippen molar-refractivity contribution in [3.05, 3.63) is 30.1 Å². The fraction of sp³-hybridized carbons (Fsp3) is 0.600. The Hall–Kier alpha value is -1.46. The average molecular weight is 278 g/mol. The van der Waals surface area contributed by atoms with Crippen LogP contribution < -0.4 is 5.32 Å². The van der Waals surface area contributed by atoms with Crippen LogP contribution in [0.1, 0.15) is 18.9 Å². The first-order valence-electron chi connectivity index (χ1n) is 7.15. The minimum atomic E-state index is 0.191. The second-order valence-corrected chi connectivity index (χ2v) is 5.08. The highest BCUT2D eigenvalue weighted by atomic mass is 16.2. The van der Waals surface area contributed by atoms with Crippen molar-refractivity contribution in [1.29, 1.82) is 0 Å². The first-order valence-corrected chi connectivity index (χ1v) is 7.15. The molecule has 0 fully saturated rings. The van der Waals surface area contributed by atoms with Gasteiger partial charge in [0.1, 0.15) is 0 Å². The van der Waals surface area contributed by atoms with Crippen molar-refractivity contribution in [2.24, 2.45) is 0 Å². The van der Waals surface area contributed by atoms with Crippen LogP contribution in [0.3, 0.4) is 0 Å². The Kier molecular flexibility index (Phi) is 7.84. The third-order valence-corrected chi connectivity index (χ3v) is 3.03. The van der Waals surface area contributed by atoms with E-state index in [9.17, 15) is 4.79 Å². The van der Waals surface area contributed by atoms with Crippen LogP contribution in [0.5, 0.6) is 0 Å². The van der Waals surface area contributed by atoms with E-state index in [1.54, 1.807) is 6.20 Å². The summed E-state index contributed by atoms with van der Waals surface area (Å²) in [5.74, 6) is 0.191. The van der Waals surface area contributed by atoms with Crippen molar-refractivity contribution in [3.63, 3.8) is 0 Å². The fourth-order valence-electron chi connectivity index (χ4n) is 1.85. The summed E-state index contributed by atoms with van der Waals surface area (Å²) >= 11 is 0. The van der Waals surface area contributed by atoms with Crippen molar-refractivity contribution in [3.8, 4) is 0 Å². The molecule has 112 valence electrons. The molecule has 0 spiro atoms. The van der Waals surface area contributed by atoms with Gasteiger partial charge in [0.25, 0.3) is 0 Å². The molecule has 1 aromatic heterocycles. The van der Waals surface area contributed by atoms with Gasteiger partial charge in [0.15, 0.2) is 0 Å². The van der Waals surface area contributed by atoms with Crippen molar-refractivity contribution in [1.82, 2.24) is 20.1 Å². The fourth-order valence-corrected chi connectivity index (χ4v) is 1.85. The number of carbonyl (C=O) groups is 1. The molecule has 0 aliphatic carbocycles. The molecule has 0 unspecified atom stereocenters. The van der Waals surface area contributed by atoms with Gasteiger partial charge in [-0.2, -0.15) is 0 Å². The molecular formula is C15H26N4O. The van der Waals surface area contributed by atoms with Gasteiger partial charge in [0.05, 0.1) is 0 Å². The highest BCUT2D eigenvalue weighted by Crippen LogP contribution is 2.05. The molecule has 5 nitrogen and oxygen atoms in total. The topological polar surface area (TPSA) is 48.5 Å². The lowest BCUT2D eigenvalue weighted by Gasteiger charge is -2.24. The Morgan fingerprint density at radius 3 is 2.75 bits per heavy atom. The molecule has 0 radical (unpaired) electrons. The summed E-state index contributed by atoms with van der Waals surface area (Å²) in [5.41, 5.74) is 1.07. The smallest absolute Gasteiger partial charge is 0.224 e. The zero-order valence-corrected chi connectivity index (χ0v) is 12.8. The van der Waals surface area contributed by atoms with Gasteiger partial charge >= 0.3 is 0 Å². The van der Waals surface area contributed by atoms with Crippen molar-refractivity contribution >= 4 is 5.91 Å². The zero-order valence-electron chi connectivity index (χ0n) is 12.8. The second-order valence-electron chi connectivity index (χ2n) is 5.08. The number of hydrogen-bond donors (Lipinski definition) is 1. The van der Waals surface area contributed by atoms with Crippen molar-refractivity contribution in [2.45, 2.75) is 19.9 Å². The Labute approximate surface area is 122 Å². The highest BCUT2D eigenvalue weighted by molar-refractivity contribution is 5.76. The van der Waals surface area contributed by atoms with Crippen molar-refractivity contribution in [2.75, 3.05) is 40.3 Å². The van der Waals surface area contributed by atoms with Crippen LogP contribution in [0.15, 0.2) is 24.5 Å². The van der Waals surface area contributed by atoms with Crippen molar-refractivity contribution < 1.29 is 4.79 Å². The van der Waals surface area contributed by atoms with Crippen LogP contribution in [0.25, 0.3) is 0 Å². The van der Waals surface area contributed by atoms with E-state index in [0.717, 1.165) is 31.7 Å². The minimum Gasteiger partial charge on any atom is -0.337 e. The summed E-state index contributed by atoms with van der Waals surface area (Å²) in [6.45, 7) is 5.92. The van der Waals surface area contributed by atoms with Crippen LogP contribution in [0.4, 0.5) is 0 Å². The molecular weight excluding hydrogens is 252 g/mol. The van der Waals surface area contributed by atoms with Gasteiger partial charge in [-0.25, -0.2) is 0 Å². The monoisotopic (exact) mass is 278 g/mol. The molecule has 1 rings (SSSR count). The Balaban J connectivity index is 2.57. The number of hydrogen-bond acceptors (Lipinski definition) is 4. The molecule has 0 aromatic carbocycles. The Bertz CT molecular complexity index is 381. The summed E-state index contributed by atoms with van der Waals surface area (Å²) in [6.07, 6.45) is 4.11. The third-order valence-electron chi connectivity index (χ3n) is 3.03. The molecule has 0 atom stereocenters. The van der Waals surface area contributed by atoms with Gasteiger partial charge < -0.3 is 15.1 Å². The van der Waals surface area contributed by atoms with Crippen LogP contribution >= 0.6 is 0 Å². The van der Waals surface area contributed by atoms with E-state index in [1.807, 2.05) is 44.2 Å². The maximum Gasteiger partial charge on any atom is 0.224 e. The number of nitrogens with one attached hydrogen (secondary N) is 1. The largest absolute Gasteiger partial charge is 0.337 e. The van der Waals surface area contributed by atoms with E-state index in [1.165, 1.54) is 0 Å². The lowest BCUT2D eigenvalue weighted by atomic mass is 10.2. The first-order chi connectivity index (χ1) is 9.63. The number of pyridine rings is 1. The molecule has 0 saturated heterocycles. The molecule has 1 amide bonds. The molecule has 20 heavy (non-hydrogen) atoms. The van der Waals surface area contributed by atoms with Gasteiger partial charge in [-0.05, 0) is 32.3 Å². The van der Waals surface area contributed by atoms with Gasteiger partial charge in [-0.3, -0.25) is 9.78 Å². The molecule has 1 heterocycles. The first kappa shape index (κ1) is 16.6. The zero-order chi connectivity index (χ0) is 14.8. The maximum absolute atomic E-state index is 12.3. The average Bonchev–Trinajstić information content (AvgIpc) is 2.44. The van der Waals surface area contributed by atoms with E-state index < -0.39 is 0 Å². The summed E-state index contributed by atoms with van der Waals surface area (Å²) in [4.78, 5) is 20.4. The molecule has 5 heteroatoms. The van der Waals surface area contributed by atoms with Crippen LogP contribution in [0.2, 0.25) is 0 Å². The Morgan fingerprint density at radius 1 is 1.35 bits per heavy atom. The van der Waals surface area contributed by atoms with Gasteiger partial charge in [0.2, 0.25) is 5.91 Å². The molecule has 1 N–H and O–H groups in total. The lowest BCUT2D eigenvalue weighted by Crippen LogP contribution is -2.37. The lowest BCUT2D eigenvalue weighted by molar-refractivity contribution is -0.131. The van der Waals surface area contributed by atoms with E-state index >= 15 is 0 Å². The minimum absolute atomic E-state index is 0.191. The molecule has 1 aromatic rings. The summed E-state index contributed by atoms with van der Waals surface area (Å²) < 4.78 is 0. The maximum atomic E-state index is 12.3. The van der Waals surface area contributed by atoms with Gasteiger partial charge in [-0.15, -0.1) is 0 Å². The number of amides is 1. The summed E-state index contributed by atoms with van der Waals surface area (Å²) in [6, 6.07) is 3.91. The third kappa shape index (κ3) is 6.63. The molecule has 0 saturated carbocycles. The highest BCUT2D eigenvalue weighted by Gasteiger charge is 2.13. The van der Waals surface area contributed by atoms with Gasteiger partial charge in [-0.1, -0.05) is 13.0 Å². The Morgan fingerprint density at radius 2 is 2.15 bits per heavy atom. The summed E-state index contributed by atoms with van der Waals surface area (Å²) in [5, 5.41) is 3.19. The van der Waals surface area contributed by atoms with Gasteiger partial charge in [0, 0.05) is 45.0 Å². The van der Waals surface area contributed by atoms with E-state index in [0.29, 0.717) is 13.0 Å².